The molecule has 0 aliphatic heterocycles. The maximum atomic E-state index is 10.5. The van der Waals surface area contributed by atoms with Crippen molar-refractivity contribution in [1.82, 2.24) is 0 Å². The Balaban J connectivity index is 0.000000401. The molecule has 2 rings (SSSR count). The minimum Gasteiger partial charge on any atom is -0.480 e. The first-order chi connectivity index (χ1) is 12.3. The van der Waals surface area contributed by atoms with E-state index in [1.54, 1.807) is 0 Å². The molecule has 8 heteroatoms. The van der Waals surface area contributed by atoms with E-state index in [1.165, 1.54) is 0 Å². The molecule has 0 heterocycles. The molecule has 26 heavy (non-hydrogen) atoms. The fourth-order valence-electron chi connectivity index (χ4n) is 1.53. The lowest BCUT2D eigenvalue weighted by atomic mass is 10.2. The van der Waals surface area contributed by atoms with Gasteiger partial charge in [0, 0.05) is 0 Å². The Morgan fingerprint density at radius 3 is 1.15 bits per heavy atom. The van der Waals surface area contributed by atoms with Crippen LogP contribution in [0.2, 0.25) is 0 Å². The van der Waals surface area contributed by atoms with E-state index in [4.69, 9.17) is 20.4 Å². The maximum absolute atomic E-state index is 10.5. The largest absolute Gasteiger partial charge is 0.480 e. The molecule has 0 radical (unpaired) electrons. The summed E-state index contributed by atoms with van der Waals surface area (Å²) in [6, 6.07) is 18.3. The van der Waals surface area contributed by atoms with Crippen molar-refractivity contribution in [3.8, 4) is 0 Å². The topological polar surface area (TPSA) is 115 Å². The summed E-state index contributed by atoms with van der Waals surface area (Å²) in [5, 5.41) is 32.5. The van der Waals surface area contributed by atoms with Crippen molar-refractivity contribution in [2.24, 2.45) is 0 Å². The number of aliphatic hydroxyl groups excluding tert-OH is 2. The number of alkyl halides is 2. The van der Waals surface area contributed by atoms with Gasteiger partial charge in [0.25, 0.3) is 0 Å². The molecule has 0 fully saturated rings. The van der Waals surface area contributed by atoms with Gasteiger partial charge in [0.2, 0.25) is 0 Å². The van der Waals surface area contributed by atoms with Gasteiger partial charge in [0.1, 0.15) is 7.85 Å². The third kappa shape index (κ3) is 10.7. The monoisotopic (exact) mass is 586 g/mol. The van der Waals surface area contributed by atoms with Crippen LogP contribution in [0.3, 0.4) is 0 Å². The molecule has 0 saturated carbocycles. The molecule has 0 spiro atoms. The number of rotatable bonds is 5. The number of benzene rings is 2. The molecular weight excluding hydrogens is 566 g/mol. The molecular formula is C18H20I2O6. The van der Waals surface area contributed by atoms with Crippen molar-refractivity contribution >= 4 is 57.1 Å². The van der Waals surface area contributed by atoms with Gasteiger partial charge in [0.05, 0.1) is 13.2 Å². The number of hydrogen-bond donors (Lipinski definition) is 4. The highest BCUT2D eigenvalue weighted by molar-refractivity contribution is 14.1. The van der Waals surface area contributed by atoms with E-state index in [2.05, 4.69) is 0 Å². The predicted molar refractivity (Wildman–Crippen MR) is 116 cm³/mol. The Bertz CT molecular complexity index is 579. The zero-order chi connectivity index (χ0) is 19.9. The number of aliphatic hydroxyl groups is 2. The lowest BCUT2D eigenvalue weighted by Gasteiger charge is -2.02. The standard InChI is InChI=1S/2C8H7IO2.C2H6O2/c2*9-7(8(10)11)6-4-2-1-3-5-6;3-1-2-4/h2*1-5,7H,(H,10,11);3-4H,1-2H2. The fraction of sp³-hybridized carbons (Fsp3) is 0.222. The van der Waals surface area contributed by atoms with E-state index >= 15 is 0 Å². The number of carbonyl (C=O) groups is 2. The van der Waals surface area contributed by atoms with E-state index < -0.39 is 19.8 Å². The van der Waals surface area contributed by atoms with Gasteiger partial charge >= 0.3 is 11.9 Å². The minimum atomic E-state index is -0.795. The summed E-state index contributed by atoms with van der Waals surface area (Å²) >= 11 is 3.80. The van der Waals surface area contributed by atoms with Crippen LogP contribution in [0.15, 0.2) is 60.7 Å². The van der Waals surface area contributed by atoms with Crippen LogP contribution in [-0.2, 0) is 9.59 Å². The Morgan fingerprint density at radius 1 is 0.692 bits per heavy atom. The summed E-state index contributed by atoms with van der Waals surface area (Å²) in [5.74, 6) is -1.59. The molecule has 2 aromatic rings. The second-order valence-corrected chi connectivity index (χ2v) is 7.16. The molecule has 142 valence electrons. The second-order valence-electron chi connectivity index (χ2n) is 4.67. The lowest BCUT2D eigenvalue weighted by Crippen LogP contribution is -2.03. The normalized spacial score (nSPS) is 11.7. The van der Waals surface area contributed by atoms with Crippen molar-refractivity contribution in [2.75, 3.05) is 13.2 Å². The number of aliphatic carboxylic acids is 2. The van der Waals surface area contributed by atoms with Crippen molar-refractivity contribution in [3.63, 3.8) is 0 Å². The number of hydrogen-bond acceptors (Lipinski definition) is 4. The molecule has 0 saturated heterocycles. The summed E-state index contributed by atoms with van der Waals surface area (Å²) < 4.78 is -0.873. The van der Waals surface area contributed by atoms with Crippen LogP contribution >= 0.6 is 45.2 Å². The van der Waals surface area contributed by atoms with Crippen molar-refractivity contribution in [2.45, 2.75) is 7.85 Å². The first kappa shape index (κ1) is 24.8. The maximum Gasteiger partial charge on any atom is 0.320 e. The highest BCUT2D eigenvalue weighted by Gasteiger charge is 2.14. The molecule has 2 atom stereocenters. The summed E-state index contributed by atoms with van der Waals surface area (Å²) in [7, 11) is 0. The quantitative estimate of drug-likeness (QED) is 0.316. The number of carboxylic acid groups (broad SMARTS) is 2. The molecule has 4 N–H and O–H groups in total. The lowest BCUT2D eigenvalue weighted by molar-refractivity contribution is -0.137. The third-order valence-corrected chi connectivity index (χ3v) is 5.22. The Hall–Kier alpha value is -1.24. The molecule has 0 aliphatic carbocycles. The van der Waals surface area contributed by atoms with Gasteiger partial charge in [0.15, 0.2) is 0 Å². The highest BCUT2D eigenvalue weighted by Crippen LogP contribution is 2.23. The van der Waals surface area contributed by atoms with E-state index in [1.807, 2.05) is 106 Å². The van der Waals surface area contributed by atoms with Crippen LogP contribution in [0.4, 0.5) is 0 Å². The molecule has 0 amide bonds. The van der Waals surface area contributed by atoms with Crippen LogP contribution < -0.4 is 0 Å². The first-order valence-corrected chi connectivity index (χ1v) is 9.89. The van der Waals surface area contributed by atoms with Gasteiger partial charge in [-0.2, -0.15) is 0 Å². The average Bonchev–Trinajstić information content (AvgIpc) is 2.68. The van der Waals surface area contributed by atoms with Crippen LogP contribution in [0.5, 0.6) is 0 Å². The predicted octanol–water partition coefficient (Wildman–Crippen LogP) is 3.47. The van der Waals surface area contributed by atoms with E-state index in [0.29, 0.717) is 0 Å². The first-order valence-electron chi connectivity index (χ1n) is 7.40. The van der Waals surface area contributed by atoms with Gasteiger partial charge in [-0.25, -0.2) is 0 Å². The van der Waals surface area contributed by atoms with Crippen LogP contribution in [-0.4, -0.2) is 45.6 Å². The minimum absolute atomic E-state index is 0.125. The van der Waals surface area contributed by atoms with E-state index in [0.717, 1.165) is 11.1 Å². The van der Waals surface area contributed by atoms with Gasteiger partial charge in [-0.05, 0) is 11.1 Å². The highest BCUT2D eigenvalue weighted by atomic mass is 127. The number of carboxylic acids is 2. The van der Waals surface area contributed by atoms with Crippen LogP contribution in [0.25, 0.3) is 0 Å². The van der Waals surface area contributed by atoms with Crippen molar-refractivity contribution in [3.05, 3.63) is 71.8 Å². The zero-order valence-electron chi connectivity index (χ0n) is 13.7. The summed E-state index contributed by atoms with van der Waals surface area (Å²) in [6.45, 7) is -0.250. The molecule has 2 unspecified atom stereocenters. The molecule has 0 bridgehead atoms. The Kier molecular flexibility index (Phi) is 14.2. The van der Waals surface area contributed by atoms with Gasteiger partial charge in [-0.15, -0.1) is 0 Å². The smallest absolute Gasteiger partial charge is 0.320 e. The SMILES string of the molecule is O=C(O)C(I)c1ccccc1.O=C(O)C(I)c1ccccc1.OCCO. The van der Waals surface area contributed by atoms with E-state index in [-0.39, 0.29) is 13.2 Å². The Morgan fingerprint density at radius 2 is 0.962 bits per heavy atom. The van der Waals surface area contributed by atoms with Crippen LogP contribution in [0, 0.1) is 0 Å². The average molecular weight is 586 g/mol. The van der Waals surface area contributed by atoms with Gasteiger partial charge in [-0.3, -0.25) is 9.59 Å². The van der Waals surface area contributed by atoms with Crippen molar-refractivity contribution in [1.29, 1.82) is 0 Å². The zero-order valence-corrected chi connectivity index (χ0v) is 18.0. The Labute approximate surface area is 179 Å². The van der Waals surface area contributed by atoms with Crippen molar-refractivity contribution < 1.29 is 30.0 Å². The molecule has 2 aromatic carbocycles. The second kappa shape index (κ2) is 14.9. The summed E-state index contributed by atoms with van der Waals surface area (Å²) in [5.41, 5.74) is 1.67. The van der Waals surface area contributed by atoms with Gasteiger partial charge in [-0.1, -0.05) is 106 Å². The summed E-state index contributed by atoms with van der Waals surface area (Å²) in [6.07, 6.45) is 0. The van der Waals surface area contributed by atoms with Gasteiger partial charge < -0.3 is 20.4 Å². The fourth-order valence-corrected chi connectivity index (χ4v) is 2.36. The van der Waals surface area contributed by atoms with Crippen LogP contribution in [0.1, 0.15) is 19.0 Å². The molecule has 6 nitrogen and oxygen atoms in total. The van der Waals surface area contributed by atoms with E-state index in [9.17, 15) is 9.59 Å². The molecule has 0 aromatic heterocycles. The summed E-state index contributed by atoms with van der Waals surface area (Å²) in [4.78, 5) is 21.0. The molecule has 0 aliphatic rings. The number of halogens is 2. The third-order valence-electron chi connectivity index (χ3n) is 2.72.